The van der Waals surface area contributed by atoms with Crippen LogP contribution in [0.1, 0.15) is 11.6 Å². The second-order valence-corrected chi connectivity index (χ2v) is 6.50. The maximum atomic E-state index is 4.46. The summed E-state index contributed by atoms with van der Waals surface area (Å²) in [5.74, 6) is 2.80. The van der Waals surface area contributed by atoms with Gasteiger partial charge in [-0.05, 0) is 24.3 Å². The molecule has 1 aliphatic heterocycles. The molecule has 0 unspecified atom stereocenters. The predicted octanol–water partition coefficient (Wildman–Crippen LogP) is 3.27. The molecule has 0 fully saturated rings. The minimum absolute atomic E-state index is 0.659. The van der Waals surface area contributed by atoms with Crippen LogP contribution in [0, 0.1) is 0 Å². The number of aromatic nitrogens is 5. The Bertz CT molecular complexity index is 1020. The molecule has 0 bridgehead atoms. The molecule has 0 spiro atoms. The number of nitrogens with zero attached hydrogens (tertiary/aromatic N) is 5. The Labute approximate surface area is 137 Å². The molecule has 0 radical (unpaired) electrons. The van der Waals surface area contributed by atoms with Gasteiger partial charge in [-0.15, -0.1) is 22.0 Å². The minimum Gasteiger partial charge on any atom is -0.323 e. The quantitative estimate of drug-likeness (QED) is 0.569. The lowest BCUT2D eigenvalue weighted by molar-refractivity contribution is 0.733. The van der Waals surface area contributed by atoms with E-state index in [4.69, 9.17) is 0 Å². The fourth-order valence-corrected chi connectivity index (χ4v) is 3.98. The van der Waals surface area contributed by atoms with E-state index in [1.165, 1.54) is 10.6 Å². The maximum Gasteiger partial charge on any atom is 0.157 e. The number of thioether (sulfide) groups is 1. The van der Waals surface area contributed by atoms with Crippen molar-refractivity contribution in [1.82, 2.24) is 24.3 Å². The first kappa shape index (κ1) is 12.9. The second-order valence-electron chi connectivity index (χ2n) is 5.49. The fraction of sp³-hybridized carbons (Fsp3) is 0.118. The van der Waals surface area contributed by atoms with Gasteiger partial charge in [0.05, 0.1) is 35.3 Å². The van der Waals surface area contributed by atoms with E-state index in [1.54, 1.807) is 0 Å². The van der Waals surface area contributed by atoms with Gasteiger partial charge in [0.15, 0.2) is 5.82 Å². The Morgan fingerprint density at radius 1 is 1.00 bits per heavy atom. The van der Waals surface area contributed by atoms with E-state index in [9.17, 15) is 0 Å². The Morgan fingerprint density at radius 3 is 2.87 bits per heavy atom. The molecule has 0 saturated carbocycles. The number of para-hydroxylation sites is 3. The minimum atomic E-state index is 0.659. The van der Waals surface area contributed by atoms with Crippen LogP contribution in [0.4, 0.5) is 0 Å². The lowest BCUT2D eigenvalue weighted by Gasteiger charge is -2.18. The molecule has 0 N–H and O–H groups in total. The number of fused-ring (bicyclic) bond motifs is 4. The summed E-state index contributed by atoms with van der Waals surface area (Å²) in [4.78, 5) is 5.73. The average molecular weight is 319 g/mol. The van der Waals surface area contributed by atoms with Crippen LogP contribution >= 0.6 is 11.8 Å². The van der Waals surface area contributed by atoms with E-state index in [0.29, 0.717) is 6.54 Å². The summed E-state index contributed by atoms with van der Waals surface area (Å²) in [7, 11) is 0. The van der Waals surface area contributed by atoms with Crippen molar-refractivity contribution >= 4 is 22.8 Å². The maximum absolute atomic E-state index is 4.46. The van der Waals surface area contributed by atoms with Crippen molar-refractivity contribution in [2.75, 3.05) is 0 Å². The van der Waals surface area contributed by atoms with Gasteiger partial charge in [0.25, 0.3) is 0 Å². The molecule has 5 nitrogen and oxygen atoms in total. The van der Waals surface area contributed by atoms with Crippen molar-refractivity contribution in [3.05, 3.63) is 66.5 Å². The van der Waals surface area contributed by atoms with Crippen LogP contribution < -0.4 is 0 Å². The second kappa shape index (κ2) is 4.96. The summed E-state index contributed by atoms with van der Waals surface area (Å²) < 4.78 is 4.30. The molecule has 5 rings (SSSR count). The van der Waals surface area contributed by atoms with Gasteiger partial charge in [-0.2, -0.15) is 0 Å². The molecule has 0 aliphatic carbocycles. The highest BCUT2D eigenvalue weighted by molar-refractivity contribution is 7.98. The number of hydrogen-bond donors (Lipinski definition) is 0. The number of benzene rings is 2. The zero-order valence-corrected chi connectivity index (χ0v) is 13.1. The fourth-order valence-electron chi connectivity index (χ4n) is 3.02. The average Bonchev–Trinajstić information content (AvgIpc) is 3.20. The third-order valence-electron chi connectivity index (χ3n) is 4.10. The summed E-state index contributed by atoms with van der Waals surface area (Å²) in [6.45, 7) is 0.659. The van der Waals surface area contributed by atoms with E-state index in [2.05, 4.69) is 54.6 Å². The van der Waals surface area contributed by atoms with Crippen LogP contribution in [0.15, 0.2) is 59.8 Å². The predicted molar refractivity (Wildman–Crippen MR) is 89.8 cm³/mol. The molecule has 23 heavy (non-hydrogen) atoms. The molecule has 3 heterocycles. The number of hydrogen-bond acceptors (Lipinski definition) is 4. The van der Waals surface area contributed by atoms with Crippen molar-refractivity contribution in [1.29, 1.82) is 0 Å². The lowest BCUT2D eigenvalue weighted by atomic mass is 10.3. The van der Waals surface area contributed by atoms with Crippen molar-refractivity contribution in [2.24, 2.45) is 0 Å². The van der Waals surface area contributed by atoms with Crippen LogP contribution in [0.5, 0.6) is 0 Å². The smallest absolute Gasteiger partial charge is 0.157 e. The van der Waals surface area contributed by atoms with Crippen LogP contribution in [0.25, 0.3) is 16.7 Å². The molecule has 1 aliphatic rings. The van der Waals surface area contributed by atoms with Crippen molar-refractivity contribution in [3.8, 4) is 5.69 Å². The molecule has 0 saturated heterocycles. The Balaban J connectivity index is 1.63. The highest BCUT2D eigenvalue weighted by Gasteiger charge is 2.21. The van der Waals surface area contributed by atoms with E-state index < -0.39 is 0 Å². The molecule has 0 amide bonds. The van der Waals surface area contributed by atoms with Crippen molar-refractivity contribution in [3.63, 3.8) is 0 Å². The summed E-state index contributed by atoms with van der Waals surface area (Å²) in [5.41, 5.74) is 3.29. The van der Waals surface area contributed by atoms with Crippen molar-refractivity contribution < 1.29 is 0 Å². The molecule has 2 aromatic heterocycles. The van der Waals surface area contributed by atoms with Crippen LogP contribution in [0.2, 0.25) is 0 Å². The number of rotatable bonds is 2. The lowest BCUT2D eigenvalue weighted by Crippen LogP contribution is -2.12. The third-order valence-corrected chi connectivity index (χ3v) is 5.16. The normalized spacial score (nSPS) is 13.0. The van der Waals surface area contributed by atoms with Gasteiger partial charge in [0.2, 0.25) is 0 Å². The van der Waals surface area contributed by atoms with Crippen molar-refractivity contribution in [2.45, 2.75) is 17.2 Å². The molecule has 0 atom stereocenters. The molecular weight excluding hydrogens is 306 g/mol. The molecule has 112 valence electrons. The van der Waals surface area contributed by atoms with E-state index in [-0.39, 0.29) is 0 Å². The molecule has 2 aromatic carbocycles. The monoisotopic (exact) mass is 319 g/mol. The molecule has 6 heteroatoms. The first-order valence-corrected chi connectivity index (χ1v) is 8.44. The first-order valence-electron chi connectivity index (χ1n) is 7.45. The highest BCUT2D eigenvalue weighted by Crippen LogP contribution is 2.35. The summed E-state index contributed by atoms with van der Waals surface area (Å²) in [6, 6.07) is 16.6. The van der Waals surface area contributed by atoms with E-state index >= 15 is 0 Å². The Kier molecular flexibility index (Phi) is 2.78. The van der Waals surface area contributed by atoms with Crippen LogP contribution in [-0.4, -0.2) is 24.3 Å². The Hall–Kier alpha value is -2.60. The number of imidazole rings is 1. The largest absolute Gasteiger partial charge is 0.323 e. The Morgan fingerprint density at radius 2 is 1.87 bits per heavy atom. The van der Waals surface area contributed by atoms with Crippen LogP contribution in [0.3, 0.4) is 0 Å². The van der Waals surface area contributed by atoms with E-state index in [1.807, 2.05) is 36.3 Å². The van der Waals surface area contributed by atoms with Crippen LogP contribution in [-0.2, 0) is 12.3 Å². The van der Waals surface area contributed by atoms with Gasteiger partial charge in [-0.25, -0.2) is 4.98 Å². The summed E-state index contributed by atoms with van der Waals surface area (Å²) in [5, 5.41) is 8.80. The van der Waals surface area contributed by atoms with Gasteiger partial charge >= 0.3 is 0 Å². The first-order chi connectivity index (χ1) is 11.4. The molecule has 4 aromatic rings. The summed E-state index contributed by atoms with van der Waals surface area (Å²) in [6.07, 6.45) is 1.87. The zero-order valence-electron chi connectivity index (χ0n) is 12.3. The van der Waals surface area contributed by atoms with Gasteiger partial charge in [0, 0.05) is 4.90 Å². The molecular formula is C17H13N5S. The van der Waals surface area contributed by atoms with Gasteiger partial charge in [0.1, 0.15) is 5.82 Å². The van der Waals surface area contributed by atoms with Gasteiger partial charge in [-0.3, -0.25) is 4.57 Å². The third kappa shape index (κ3) is 1.98. The topological polar surface area (TPSA) is 48.5 Å². The highest BCUT2D eigenvalue weighted by atomic mass is 32.2. The standard InChI is InChI=1S/C17H13N5S/c1-2-6-13-12(5-1)18-11-21(13)9-16-19-20-17-10-23-15-8-4-3-7-14(15)22(16)17/h1-8,11H,9-10H2. The SMILES string of the molecule is c1ccc2c(c1)SCc1nnc(Cn3cnc4ccccc43)n1-2. The zero-order chi connectivity index (χ0) is 15.2. The van der Waals surface area contributed by atoms with Gasteiger partial charge in [-0.1, -0.05) is 24.3 Å². The summed E-state index contributed by atoms with van der Waals surface area (Å²) >= 11 is 1.81. The van der Waals surface area contributed by atoms with Gasteiger partial charge < -0.3 is 4.57 Å². The van der Waals surface area contributed by atoms with E-state index in [0.717, 1.165) is 28.4 Å².